The fraction of sp³-hybridized carbons (Fsp3) is 0.105. The molecule has 9 nitrogen and oxygen atoms in total. The third-order valence-electron chi connectivity index (χ3n) is 4.72. The molecule has 0 bridgehead atoms. The van der Waals surface area contributed by atoms with Crippen molar-refractivity contribution in [2.75, 3.05) is 29.2 Å². The normalized spacial score (nSPS) is 13.5. The summed E-state index contributed by atoms with van der Waals surface area (Å²) in [6.45, 7) is 0. The van der Waals surface area contributed by atoms with Gasteiger partial charge < -0.3 is 15.1 Å². The van der Waals surface area contributed by atoms with Crippen molar-refractivity contribution in [2.45, 2.75) is 4.90 Å². The standard InChI is InChI=1S/C19H17ClN6O3S/c1-25-15-9-11(20)3-8-14(15)18(27)26(2)16-10-22-19(24-17(16)25)23-12-4-6-13(7-5-12)30(21,28)29/h3-10H,1-2H3,(H2,21,28,29)(H,22,23,24). The van der Waals surface area contributed by atoms with Gasteiger partial charge in [0.05, 0.1) is 22.3 Å². The lowest BCUT2D eigenvalue weighted by molar-refractivity contribution is 0.0994. The molecule has 1 aromatic heterocycles. The second-order valence-electron chi connectivity index (χ2n) is 6.68. The highest BCUT2D eigenvalue weighted by Crippen LogP contribution is 2.39. The molecule has 154 valence electrons. The SMILES string of the molecule is CN1C(=O)c2ccc(Cl)cc2N(C)c2nc(Nc3ccc(S(N)(=O)=O)cc3)ncc21. The number of primary sulfonamides is 1. The number of carbonyl (C=O) groups excluding carboxylic acids is 1. The highest BCUT2D eigenvalue weighted by Gasteiger charge is 2.29. The van der Waals surface area contributed by atoms with Crippen LogP contribution in [0.5, 0.6) is 0 Å². The van der Waals surface area contributed by atoms with Crippen LogP contribution in [0.2, 0.25) is 5.02 Å². The van der Waals surface area contributed by atoms with Crippen LogP contribution in [0.1, 0.15) is 10.4 Å². The van der Waals surface area contributed by atoms with E-state index in [0.29, 0.717) is 33.5 Å². The average Bonchev–Trinajstić information content (AvgIpc) is 2.78. The molecule has 3 aromatic rings. The zero-order valence-electron chi connectivity index (χ0n) is 16.0. The number of nitrogens with one attached hydrogen (secondary N) is 1. The third-order valence-corrected chi connectivity index (χ3v) is 5.89. The van der Waals surface area contributed by atoms with Crippen molar-refractivity contribution < 1.29 is 13.2 Å². The summed E-state index contributed by atoms with van der Waals surface area (Å²) in [5, 5.41) is 8.64. The van der Waals surface area contributed by atoms with Gasteiger partial charge in [0.1, 0.15) is 5.69 Å². The molecule has 2 heterocycles. The van der Waals surface area contributed by atoms with Crippen LogP contribution in [0.4, 0.5) is 28.8 Å². The second-order valence-corrected chi connectivity index (χ2v) is 8.68. The molecular formula is C19H17ClN6O3S. The molecule has 0 spiro atoms. The van der Waals surface area contributed by atoms with Crippen molar-refractivity contribution in [3.8, 4) is 0 Å². The van der Waals surface area contributed by atoms with Gasteiger partial charge in [0.25, 0.3) is 5.91 Å². The number of amides is 1. The van der Waals surface area contributed by atoms with Crippen LogP contribution in [0, 0.1) is 0 Å². The molecule has 2 aromatic carbocycles. The van der Waals surface area contributed by atoms with Gasteiger partial charge in [-0.15, -0.1) is 0 Å². The smallest absolute Gasteiger partial charge is 0.260 e. The lowest BCUT2D eigenvalue weighted by Crippen LogP contribution is -2.25. The molecule has 0 saturated carbocycles. The Hall–Kier alpha value is -3.21. The predicted octanol–water partition coefficient (Wildman–Crippen LogP) is 2.88. The summed E-state index contributed by atoms with van der Waals surface area (Å²) in [6.07, 6.45) is 1.55. The first-order valence-electron chi connectivity index (χ1n) is 8.73. The average molecular weight is 445 g/mol. The van der Waals surface area contributed by atoms with E-state index in [-0.39, 0.29) is 16.8 Å². The Kier molecular flexibility index (Phi) is 4.85. The van der Waals surface area contributed by atoms with Gasteiger partial charge in [0, 0.05) is 24.8 Å². The van der Waals surface area contributed by atoms with Gasteiger partial charge in [-0.05, 0) is 42.5 Å². The quantitative estimate of drug-likeness (QED) is 0.636. The number of nitrogens with two attached hydrogens (primary N) is 1. The first-order valence-corrected chi connectivity index (χ1v) is 10.7. The molecule has 30 heavy (non-hydrogen) atoms. The van der Waals surface area contributed by atoms with Gasteiger partial charge in [0.15, 0.2) is 5.82 Å². The van der Waals surface area contributed by atoms with Crippen molar-refractivity contribution in [3.63, 3.8) is 0 Å². The van der Waals surface area contributed by atoms with Crippen LogP contribution >= 0.6 is 11.6 Å². The highest BCUT2D eigenvalue weighted by atomic mass is 35.5. The largest absolute Gasteiger partial charge is 0.327 e. The van der Waals surface area contributed by atoms with Gasteiger partial charge >= 0.3 is 0 Å². The first kappa shape index (κ1) is 20.1. The Bertz CT molecular complexity index is 1260. The minimum absolute atomic E-state index is 0.00394. The molecule has 0 fully saturated rings. The lowest BCUT2D eigenvalue weighted by atomic mass is 10.1. The number of carbonyl (C=O) groups is 1. The number of aromatic nitrogens is 2. The zero-order chi connectivity index (χ0) is 21.6. The topological polar surface area (TPSA) is 122 Å². The summed E-state index contributed by atoms with van der Waals surface area (Å²) in [5.41, 5.74) is 2.23. The van der Waals surface area contributed by atoms with E-state index in [4.69, 9.17) is 16.7 Å². The van der Waals surface area contributed by atoms with Gasteiger partial charge in [-0.3, -0.25) is 4.79 Å². The minimum Gasteiger partial charge on any atom is -0.327 e. The number of anilines is 5. The van der Waals surface area contributed by atoms with Crippen LogP contribution in [0.3, 0.4) is 0 Å². The number of fused-ring (bicyclic) bond motifs is 2. The van der Waals surface area contributed by atoms with Gasteiger partial charge in [0.2, 0.25) is 16.0 Å². The molecule has 0 saturated heterocycles. The Balaban J connectivity index is 1.73. The Morgan fingerprint density at radius 3 is 2.40 bits per heavy atom. The summed E-state index contributed by atoms with van der Waals surface area (Å²) in [6, 6.07) is 10.9. The molecule has 4 rings (SSSR count). The summed E-state index contributed by atoms with van der Waals surface area (Å²) in [4.78, 5) is 25.0. The summed E-state index contributed by atoms with van der Waals surface area (Å²) in [7, 11) is -0.329. The summed E-state index contributed by atoms with van der Waals surface area (Å²) >= 11 is 6.14. The molecule has 0 radical (unpaired) electrons. The molecular weight excluding hydrogens is 428 g/mol. The van der Waals surface area contributed by atoms with E-state index in [2.05, 4.69) is 15.3 Å². The molecule has 0 unspecified atom stereocenters. The van der Waals surface area contributed by atoms with Crippen molar-refractivity contribution in [3.05, 3.63) is 59.2 Å². The lowest BCUT2D eigenvalue weighted by Gasteiger charge is -2.21. The number of benzene rings is 2. The van der Waals surface area contributed by atoms with E-state index >= 15 is 0 Å². The molecule has 1 amide bonds. The predicted molar refractivity (Wildman–Crippen MR) is 115 cm³/mol. The summed E-state index contributed by atoms with van der Waals surface area (Å²) < 4.78 is 22.8. The van der Waals surface area contributed by atoms with Crippen LogP contribution in [0.15, 0.2) is 53.6 Å². The van der Waals surface area contributed by atoms with Gasteiger partial charge in [-0.25, -0.2) is 18.5 Å². The van der Waals surface area contributed by atoms with E-state index < -0.39 is 10.0 Å². The van der Waals surface area contributed by atoms with E-state index in [1.807, 2.05) is 0 Å². The van der Waals surface area contributed by atoms with E-state index in [9.17, 15) is 13.2 Å². The van der Waals surface area contributed by atoms with Crippen molar-refractivity contribution in [1.29, 1.82) is 0 Å². The monoisotopic (exact) mass is 444 g/mol. The maximum atomic E-state index is 12.9. The van der Waals surface area contributed by atoms with Crippen molar-refractivity contribution in [1.82, 2.24) is 9.97 Å². The third kappa shape index (κ3) is 3.56. The van der Waals surface area contributed by atoms with Crippen LogP contribution in [0.25, 0.3) is 0 Å². The number of rotatable bonds is 3. The molecule has 11 heteroatoms. The van der Waals surface area contributed by atoms with Crippen LogP contribution < -0.4 is 20.3 Å². The maximum absolute atomic E-state index is 12.9. The molecule has 3 N–H and O–H groups in total. The number of halogens is 1. The van der Waals surface area contributed by atoms with Crippen LogP contribution in [-0.2, 0) is 10.0 Å². The summed E-state index contributed by atoms with van der Waals surface area (Å²) in [5.74, 6) is 0.580. The maximum Gasteiger partial charge on any atom is 0.260 e. The number of nitrogens with zero attached hydrogens (tertiary/aromatic N) is 4. The molecule has 0 atom stereocenters. The zero-order valence-corrected chi connectivity index (χ0v) is 17.6. The molecule has 1 aliphatic rings. The van der Waals surface area contributed by atoms with E-state index in [1.165, 1.54) is 17.0 Å². The van der Waals surface area contributed by atoms with Gasteiger partial charge in [-0.1, -0.05) is 11.6 Å². The first-order chi connectivity index (χ1) is 14.1. The number of sulfonamides is 1. The molecule has 0 aliphatic carbocycles. The van der Waals surface area contributed by atoms with Crippen molar-refractivity contribution >= 4 is 56.4 Å². The van der Waals surface area contributed by atoms with E-state index in [0.717, 1.165) is 0 Å². The minimum atomic E-state index is -3.77. The molecule has 1 aliphatic heterocycles. The Morgan fingerprint density at radius 1 is 1.03 bits per heavy atom. The van der Waals surface area contributed by atoms with Crippen LogP contribution in [-0.4, -0.2) is 38.4 Å². The Morgan fingerprint density at radius 2 is 1.73 bits per heavy atom. The van der Waals surface area contributed by atoms with E-state index in [1.54, 1.807) is 55.5 Å². The number of hydrogen-bond acceptors (Lipinski definition) is 7. The highest BCUT2D eigenvalue weighted by molar-refractivity contribution is 7.89. The Labute approximate surface area is 178 Å². The van der Waals surface area contributed by atoms with Gasteiger partial charge in [-0.2, -0.15) is 4.98 Å². The van der Waals surface area contributed by atoms with Crippen molar-refractivity contribution in [2.24, 2.45) is 5.14 Å². The number of hydrogen-bond donors (Lipinski definition) is 2. The fourth-order valence-electron chi connectivity index (χ4n) is 3.13. The second kappa shape index (κ2) is 7.24. The fourth-order valence-corrected chi connectivity index (χ4v) is 3.82.